The number of ether oxygens (including phenoxy) is 1. The Kier molecular flexibility index (Phi) is 9.20. The van der Waals surface area contributed by atoms with Gasteiger partial charge in [-0.1, -0.05) is 42.8 Å². The van der Waals surface area contributed by atoms with Crippen LogP contribution in [-0.4, -0.2) is 29.6 Å². The van der Waals surface area contributed by atoms with Gasteiger partial charge in [0.15, 0.2) is 5.78 Å². The van der Waals surface area contributed by atoms with Gasteiger partial charge < -0.3 is 20.5 Å². The number of aryl methyl sites for hydroxylation is 2. The minimum absolute atomic E-state index is 0.161. The third kappa shape index (κ3) is 6.89. The van der Waals surface area contributed by atoms with E-state index in [1.807, 2.05) is 44.2 Å². The van der Waals surface area contributed by atoms with E-state index >= 15 is 0 Å². The Morgan fingerprint density at radius 1 is 1.05 bits per heavy atom. The number of carbonyl (C=O) groups excluding carboxylic acids is 1. The summed E-state index contributed by atoms with van der Waals surface area (Å²) in [5.74, 6) is 1.64. The first-order chi connectivity index (χ1) is 17.9. The summed E-state index contributed by atoms with van der Waals surface area (Å²) in [5, 5.41) is 19.2. The molecule has 0 aromatic heterocycles. The number of ketones is 1. The molecule has 0 fully saturated rings. The molecule has 0 amide bonds. The van der Waals surface area contributed by atoms with Crippen LogP contribution in [0, 0.1) is 19.8 Å². The fourth-order valence-electron chi connectivity index (χ4n) is 5.33. The summed E-state index contributed by atoms with van der Waals surface area (Å²) < 4.78 is 6.07. The minimum Gasteiger partial charge on any atom is -0.493 e. The Hall–Kier alpha value is -2.93. The second-order valence-electron chi connectivity index (χ2n) is 10.3. The summed E-state index contributed by atoms with van der Waals surface area (Å²) in [4.78, 5) is 13.3. The molecule has 3 aromatic rings. The third-order valence-electron chi connectivity index (χ3n) is 7.70. The third-order valence-corrected chi connectivity index (χ3v) is 7.70. The van der Waals surface area contributed by atoms with Crippen LogP contribution < -0.4 is 15.9 Å². The van der Waals surface area contributed by atoms with Gasteiger partial charge in [0.1, 0.15) is 5.75 Å². The van der Waals surface area contributed by atoms with Gasteiger partial charge in [0.2, 0.25) is 0 Å². The number of hydrogen-bond donors (Lipinski definition) is 3. The molecule has 0 spiro atoms. The highest BCUT2D eigenvalue weighted by atomic mass is 16.5. The van der Waals surface area contributed by atoms with Gasteiger partial charge in [0, 0.05) is 18.5 Å². The van der Waals surface area contributed by atoms with Gasteiger partial charge in [-0.2, -0.15) is 0 Å². The van der Waals surface area contributed by atoms with Crippen molar-refractivity contribution in [1.29, 1.82) is 0 Å². The molecule has 0 saturated carbocycles. The van der Waals surface area contributed by atoms with Gasteiger partial charge in [0.05, 0.1) is 6.61 Å². The summed E-state index contributed by atoms with van der Waals surface area (Å²) in [6, 6.07) is 17.4. The largest absolute Gasteiger partial charge is 0.493 e. The summed E-state index contributed by atoms with van der Waals surface area (Å²) in [5.41, 5.74) is 13.3. The smallest absolute Gasteiger partial charge is 0.488 e. The number of carbonyl (C=O) groups is 1. The molecule has 0 saturated heterocycles. The van der Waals surface area contributed by atoms with E-state index in [0.717, 1.165) is 77.7 Å². The maximum Gasteiger partial charge on any atom is 0.488 e. The summed E-state index contributed by atoms with van der Waals surface area (Å²) in [6.07, 6.45) is 6.60. The molecular weight excluding hydrogens is 461 g/mol. The van der Waals surface area contributed by atoms with Gasteiger partial charge in [-0.25, -0.2) is 0 Å². The molecule has 4 rings (SSSR count). The average molecular weight is 499 g/mol. The molecule has 4 N–H and O–H groups in total. The fraction of sp³-hybridized carbons (Fsp3) is 0.387. The molecule has 0 aliphatic carbocycles. The van der Waals surface area contributed by atoms with Crippen LogP contribution in [0.15, 0.2) is 54.6 Å². The molecule has 0 bridgehead atoms. The van der Waals surface area contributed by atoms with Gasteiger partial charge in [-0.3, -0.25) is 4.79 Å². The lowest BCUT2D eigenvalue weighted by Gasteiger charge is -2.20. The zero-order valence-electron chi connectivity index (χ0n) is 22.0. The van der Waals surface area contributed by atoms with E-state index in [2.05, 4.69) is 12.1 Å². The molecule has 194 valence electrons. The van der Waals surface area contributed by atoms with E-state index in [1.165, 1.54) is 5.56 Å². The molecule has 1 unspecified atom stereocenters. The summed E-state index contributed by atoms with van der Waals surface area (Å²) >= 11 is 0. The van der Waals surface area contributed by atoms with Crippen molar-refractivity contribution < 1.29 is 19.6 Å². The van der Waals surface area contributed by atoms with E-state index < -0.39 is 7.12 Å². The van der Waals surface area contributed by atoms with E-state index in [4.69, 9.17) is 10.5 Å². The van der Waals surface area contributed by atoms with E-state index in [0.29, 0.717) is 31.0 Å². The van der Waals surface area contributed by atoms with Gasteiger partial charge >= 0.3 is 7.12 Å². The molecule has 1 atom stereocenters. The van der Waals surface area contributed by atoms with Crippen LogP contribution in [0.4, 0.5) is 0 Å². The maximum atomic E-state index is 13.3. The normalized spacial score (nSPS) is 16.0. The Bertz CT molecular complexity index is 1240. The minimum atomic E-state index is -1.52. The number of benzene rings is 3. The second-order valence-corrected chi connectivity index (χ2v) is 10.3. The van der Waals surface area contributed by atoms with Crippen molar-refractivity contribution in [3.8, 4) is 16.9 Å². The van der Waals surface area contributed by atoms with E-state index in [1.54, 1.807) is 12.1 Å². The summed E-state index contributed by atoms with van der Waals surface area (Å²) in [7, 11) is -1.52. The van der Waals surface area contributed by atoms with Crippen LogP contribution in [0.1, 0.15) is 71.1 Å². The fourth-order valence-corrected chi connectivity index (χ4v) is 5.33. The van der Waals surface area contributed by atoms with Crippen molar-refractivity contribution in [2.24, 2.45) is 11.7 Å². The highest BCUT2D eigenvalue weighted by Crippen LogP contribution is 2.30. The number of fused-ring (bicyclic) bond motifs is 1. The van der Waals surface area contributed by atoms with Crippen LogP contribution in [0.25, 0.3) is 11.1 Å². The maximum absolute atomic E-state index is 13.3. The predicted octanol–water partition coefficient (Wildman–Crippen LogP) is 4.88. The Morgan fingerprint density at radius 2 is 1.86 bits per heavy atom. The van der Waals surface area contributed by atoms with Crippen LogP contribution >= 0.6 is 0 Å². The lowest BCUT2D eigenvalue weighted by Crippen LogP contribution is -2.29. The standard InChI is InChI=1S/C31H38BNO4/c1-21-16-27(19-29(22(21)2)25-8-4-10-28(18-25)32(35)36)30(34)13-11-23-6-3-9-26-17-24(20-33)12-14-31(26)37-15-5-7-23/h4,8,10,12,14,16-19,23,35-36H,3,5-7,9,11,13,15,20,33H2,1-2H3. The molecule has 0 radical (unpaired) electrons. The van der Waals surface area contributed by atoms with Crippen molar-refractivity contribution in [3.05, 3.63) is 82.4 Å². The van der Waals surface area contributed by atoms with Gasteiger partial charge in [-0.15, -0.1) is 0 Å². The first-order valence-corrected chi connectivity index (χ1v) is 13.4. The average Bonchev–Trinajstić information content (AvgIpc) is 2.91. The molecule has 5 nitrogen and oxygen atoms in total. The molecule has 1 heterocycles. The number of Topliss-reactive ketones (excluding diaryl/α,β-unsaturated/α-hetero) is 1. The number of rotatable bonds is 7. The first-order valence-electron chi connectivity index (χ1n) is 13.4. The first kappa shape index (κ1) is 27.1. The van der Waals surface area contributed by atoms with Crippen molar-refractivity contribution in [3.63, 3.8) is 0 Å². The predicted molar refractivity (Wildman–Crippen MR) is 150 cm³/mol. The number of hydrogen-bond acceptors (Lipinski definition) is 5. The van der Waals surface area contributed by atoms with Crippen LogP contribution in [0.5, 0.6) is 5.75 Å². The Balaban J connectivity index is 1.43. The molecule has 6 heteroatoms. The van der Waals surface area contributed by atoms with Crippen LogP contribution in [-0.2, 0) is 13.0 Å². The topological polar surface area (TPSA) is 92.8 Å². The molecule has 1 aliphatic rings. The van der Waals surface area contributed by atoms with Crippen LogP contribution in [0.2, 0.25) is 0 Å². The molecule has 1 aliphatic heterocycles. The number of nitrogens with two attached hydrogens (primary N) is 1. The lowest BCUT2D eigenvalue weighted by atomic mass is 9.78. The van der Waals surface area contributed by atoms with Crippen molar-refractivity contribution in [1.82, 2.24) is 0 Å². The van der Waals surface area contributed by atoms with E-state index in [9.17, 15) is 14.8 Å². The lowest BCUT2D eigenvalue weighted by molar-refractivity contribution is 0.0971. The van der Waals surface area contributed by atoms with Crippen molar-refractivity contribution in [2.75, 3.05) is 6.61 Å². The molecule has 37 heavy (non-hydrogen) atoms. The highest BCUT2D eigenvalue weighted by Gasteiger charge is 2.18. The molecule has 3 aromatic carbocycles. The zero-order valence-corrected chi connectivity index (χ0v) is 22.0. The Labute approximate surface area is 220 Å². The SMILES string of the molecule is Cc1cc(C(=O)CCC2CCCOc3ccc(CN)cc3CCC2)cc(-c2cccc(B(O)O)c2)c1C. The summed E-state index contributed by atoms with van der Waals surface area (Å²) in [6.45, 7) is 5.29. The highest BCUT2D eigenvalue weighted by molar-refractivity contribution is 6.58. The monoisotopic (exact) mass is 499 g/mol. The van der Waals surface area contributed by atoms with Crippen LogP contribution in [0.3, 0.4) is 0 Å². The quantitative estimate of drug-likeness (QED) is 0.318. The van der Waals surface area contributed by atoms with E-state index in [-0.39, 0.29) is 5.78 Å². The second kappa shape index (κ2) is 12.5. The molecular formula is C31H38BNO4. The zero-order chi connectivity index (χ0) is 26.4. The Morgan fingerprint density at radius 3 is 2.65 bits per heavy atom. The van der Waals surface area contributed by atoms with Gasteiger partial charge in [-0.05, 0) is 109 Å². The van der Waals surface area contributed by atoms with Crippen molar-refractivity contribution >= 4 is 18.4 Å². The van der Waals surface area contributed by atoms with Gasteiger partial charge in [0.25, 0.3) is 0 Å². The van der Waals surface area contributed by atoms with Crippen molar-refractivity contribution in [2.45, 2.75) is 65.3 Å².